The Labute approximate surface area is 130 Å². The Bertz CT molecular complexity index is 795. The number of nitrogens with two attached hydrogens (primary N) is 2. The molecule has 2 atom stereocenters. The van der Waals surface area contributed by atoms with Crippen molar-refractivity contribution in [3.05, 3.63) is 56.6 Å². The molecule has 2 aliphatic rings. The fourth-order valence-electron chi connectivity index (χ4n) is 2.43. The van der Waals surface area contributed by atoms with E-state index in [0.29, 0.717) is 22.8 Å². The van der Waals surface area contributed by atoms with Crippen LogP contribution in [0.1, 0.15) is 10.8 Å². The van der Waals surface area contributed by atoms with Gasteiger partial charge in [0.2, 0.25) is 5.88 Å². The summed E-state index contributed by atoms with van der Waals surface area (Å²) in [6, 6.07) is 6.16. The lowest BCUT2D eigenvalue weighted by atomic mass is 9.93. The second-order valence-electron chi connectivity index (χ2n) is 4.79. The molecule has 9 heteroatoms. The first-order valence-electron chi connectivity index (χ1n) is 6.24. The van der Waals surface area contributed by atoms with E-state index in [1.807, 2.05) is 6.07 Å². The Morgan fingerprint density at radius 2 is 2.23 bits per heavy atom. The standard InChI is InChI=1S/C13H11N5O3S/c14-4-7-10(15)9-11(22)6-3-5(18(19)20)1-2-8(6)21-13(9)17-12(7)16/h1-3,11-12,17,22H,15-16H2. The van der Waals surface area contributed by atoms with Crippen molar-refractivity contribution in [3.8, 4) is 11.8 Å². The summed E-state index contributed by atoms with van der Waals surface area (Å²) >= 11 is 4.48. The number of allylic oxidation sites excluding steroid dienone is 1. The van der Waals surface area contributed by atoms with Crippen LogP contribution in [-0.2, 0) is 0 Å². The Morgan fingerprint density at radius 3 is 2.86 bits per heavy atom. The zero-order chi connectivity index (χ0) is 16.0. The number of hydrogen-bond acceptors (Lipinski definition) is 8. The highest BCUT2D eigenvalue weighted by molar-refractivity contribution is 7.80. The highest BCUT2D eigenvalue weighted by Crippen LogP contribution is 2.45. The summed E-state index contributed by atoms with van der Waals surface area (Å²) in [4.78, 5) is 10.4. The van der Waals surface area contributed by atoms with Crippen LogP contribution in [0.2, 0.25) is 0 Å². The first-order valence-corrected chi connectivity index (χ1v) is 6.76. The lowest BCUT2D eigenvalue weighted by Gasteiger charge is -2.33. The van der Waals surface area contributed by atoms with Crippen LogP contribution >= 0.6 is 12.6 Å². The minimum Gasteiger partial charge on any atom is -0.441 e. The van der Waals surface area contributed by atoms with Gasteiger partial charge < -0.3 is 21.5 Å². The van der Waals surface area contributed by atoms with Crippen LogP contribution in [0.25, 0.3) is 0 Å². The number of nitriles is 1. The van der Waals surface area contributed by atoms with E-state index in [1.54, 1.807) is 0 Å². The van der Waals surface area contributed by atoms with E-state index < -0.39 is 16.3 Å². The second-order valence-corrected chi connectivity index (χ2v) is 5.30. The van der Waals surface area contributed by atoms with E-state index in [0.717, 1.165) is 0 Å². The van der Waals surface area contributed by atoms with E-state index in [1.165, 1.54) is 18.2 Å². The minimum atomic E-state index is -0.774. The molecular formula is C13H11N5O3S. The minimum absolute atomic E-state index is 0.0750. The summed E-state index contributed by atoms with van der Waals surface area (Å²) in [5.41, 5.74) is 13.1. The number of benzene rings is 1. The predicted octanol–water partition coefficient (Wildman–Crippen LogP) is 0.794. The van der Waals surface area contributed by atoms with Gasteiger partial charge >= 0.3 is 0 Å². The first-order chi connectivity index (χ1) is 10.4. The number of nitro benzene ring substituents is 1. The molecule has 1 aromatic carbocycles. The molecule has 2 aliphatic heterocycles. The van der Waals surface area contributed by atoms with Gasteiger partial charge in [-0.3, -0.25) is 10.1 Å². The highest BCUT2D eigenvalue weighted by atomic mass is 32.1. The number of nitro groups is 1. The molecule has 5 N–H and O–H groups in total. The van der Waals surface area contributed by atoms with E-state index in [-0.39, 0.29) is 17.0 Å². The summed E-state index contributed by atoms with van der Waals surface area (Å²) < 4.78 is 5.67. The number of ether oxygens (including phenoxy) is 1. The van der Waals surface area contributed by atoms with Gasteiger partial charge in [-0.15, -0.1) is 0 Å². The number of nitrogens with one attached hydrogen (secondary N) is 1. The molecule has 0 spiro atoms. The van der Waals surface area contributed by atoms with Crippen molar-refractivity contribution in [2.75, 3.05) is 0 Å². The fourth-order valence-corrected chi connectivity index (χ4v) is 2.89. The van der Waals surface area contributed by atoms with Gasteiger partial charge in [-0.1, -0.05) is 0 Å². The molecule has 8 nitrogen and oxygen atoms in total. The molecule has 0 saturated heterocycles. The summed E-state index contributed by atoms with van der Waals surface area (Å²) in [5.74, 6) is 0.739. The number of fused-ring (bicyclic) bond motifs is 1. The highest BCUT2D eigenvalue weighted by Gasteiger charge is 2.36. The van der Waals surface area contributed by atoms with E-state index >= 15 is 0 Å². The topological polar surface area (TPSA) is 140 Å². The Kier molecular flexibility index (Phi) is 3.20. The van der Waals surface area contributed by atoms with Crippen LogP contribution in [-0.4, -0.2) is 11.1 Å². The van der Waals surface area contributed by atoms with Crippen LogP contribution < -0.4 is 21.5 Å². The SMILES string of the molecule is N#CC1=C(N)C2=C(NC1N)Oc1ccc([N+](=O)[O-])cc1C2S. The van der Waals surface area contributed by atoms with E-state index in [9.17, 15) is 10.1 Å². The number of dihydropyridines is 1. The number of non-ortho nitro benzene ring substituents is 1. The Balaban J connectivity index is 2.13. The van der Waals surface area contributed by atoms with E-state index in [2.05, 4.69) is 17.9 Å². The largest absolute Gasteiger partial charge is 0.441 e. The van der Waals surface area contributed by atoms with Crippen molar-refractivity contribution in [1.82, 2.24) is 5.32 Å². The molecule has 0 radical (unpaired) electrons. The van der Waals surface area contributed by atoms with Crippen molar-refractivity contribution in [1.29, 1.82) is 5.26 Å². The van der Waals surface area contributed by atoms with Crippen molar-refractivity contribution < 1.29 is 9.66 Å². The van der Waals surface area contributed by atoms with Gasteiger partial charge in [-0.25, -0.2) is 0 Å². The van der Waals surface area contributed by atoms with Gasteiger partial charge in [0.25, 0.3) is 5.69 Å². The third-order valence-corrected chi connectivity index (χ3v) is 4.06. The van der Waals surface area contributed by atoms with Gasteiger partial charge in [0, 0.05) is 17.7 Å². The molecule has 0 aromatic heterocycles. The van der Waals surface area contributed by atoms with Crippen LogP contribution in [0.5, 0.6) is 5.75 Å². The summed E-state index contributed by atoms with van der Waals surface area (Å²) in [7, 11) is 0. The van der Waals surface area contributed by atoms with Gasteiger partial charge in [-0.2, -0.15) is 17.9 Å². The van der Waals surface area contributed by atoms with Crippen molar-refractivity contribution >= 4 is 18.3 Å². The summed E-state index contributed by atoms with van der Waals surface area (Å²) in [6.07, 6.45) is -0.774. The van der Waals surface area contributed by atoms with Crippen LogP contribution in [0, 0.1) is 21.4 Å². The molecule has 0 bridgehead atoms. The van der Waals surface area contributed by atoms with Crippen molar-refractivity contribution in [2.24, 2.45) is 11.5 Å². The van der Waals surface area contributed by atoms with Crippen LogP contribution in [0.3, 0.4) is 0 Å². The van der Waals surface area contributed by atoms with Gasteiger partial charge in [0.15, 0.2) is 0 Å². The van der Waals surface area contributed by atoms with Gasteiger partial charge in [-0.05, 0) is 6.07 Å². The molecular weight excluding hydrogens is 306 g/mol. The lowest BCUT2D eigenvalue weighted by molar-refractivity contribution is -0.384. The number of rotatable bonds is 1. The maximum atomic E-state index is 10.9. The molecule has 0 amide bonds. The van der Waals surface area contributed by atoms with Crippen molar-refractivity contribution in [2.45, 2.75) is 11.4 Å². The average Bonchev–Trinajstić information content (AvgIpc) is 2.46. The van der Waals surface area contributed by atoms with Gasteiger partial charge in [0.05, 0.1) is 27.0 Å². The number of thiol groups is 1. The lowest BCUT2D eigenvalue weighted by Crippen LogP contribution is -2.46. The fraction of sp³-hybridized carbons (Fsp3) is 0.154. The molecule has 0 fully saturated rings. The average molecular weight is 317 g/mol. The van der Waals surface area contributed by atoms with E-state index in [4.69, 9.17) is 21.5 Å². The number of nitrogens with zero attached hydrogens (tertiary/aromatic N) is 2. The zero-order valence-electron chi connectivity index (χ0n) is 11.1. The molecule has 0 saturated carbocycles. The second kappa shape index (κ2) is 4.94. The molecule has 0 aliphatic carbocycles. The normalized spacial score (nSPS) is 23.0. The third kappa shape index (κ3) is 1.97. The first kappa shape index (κ1) is 14.2. The summed E-state index contributed by atoms with van der Waals surface area (Å²) in [5, 5.41) is 22.3. The monoisotopic (exact) mass is 317 g/mol. The number of hydrogen-bond donors (Lipinski definition) is 4. The van der Waals surface area contributed by atoms with Gasteiger partial charge in [0.1, 0.15) is 18.0 Å². The van der Waals surface area contributed by atoms with Crippen LogP contribution in [0.4, 0.5) is 5.69 Å². The predicted molar refractivity (Wildman–Crippen MR) is 80.4 cm³/mol. The quantitative estimate of drug-likeness (QED) is 0.341. The molecule has 1 aromatic rings. The zero-order valence-corrected chi connectivity index (χ0v) is 12.0. The third-order valence-electron chi connectivity index (χ3n) is 3.53. The summed E-state index contributed by atoms with van der Waals surface area (Å²) in [6.45, 7) is 0. The molecule has 3 rings (SSSR count). The Morgan fingerprint density at radius 1 is 1.50 bits per heavy atom. The maximum absolute atomic E-state index is 10.9. The van der Waals surface area contributed by atoms with Crippen LogP contribution in [0.15, 0.2) is 40.9 Å². The molecule has 112 valence electrons. The smallest absolute Gasteiger partial charge is 0.270 e. The Hall–Kier alpha value is -2.70. The molecule has 22 heavy (non-hydrogen) atoms. The maximum Gasteiger partial charge on any atom is 0.270 e. The molecule has 2 unspecified atom stereocenters. The van der Waals surface area contributed by atoms with Crippen molar-refractivity contribution in [3.63, 3.8) is 0 Å². The molecule has 2 heterocycles.